The number of hydrogen-bond donors (Lipinski definition) is 0. The lowest BCUT2D eigenvalue weighted by atomic mass is 10.2. The molecule has 7 nitrogen and oxygen atoms in total. The van der Waals surface area contributed by atoms with Crippen molar-refractivity contribution in [3.63, 3.8) is 0 Å². The Balaban J connectivity index is 1.80. The fourth-order valence-corrected chi connectivity index (χ4v) is 3.79. The molecule has 0 atom stereocenters. The lowest BCUT2D eigenvalue weighted by Crippen LogP contribution is -2.12. The number of sulfone groups is 1. The average Bonchev–Trinajstić information content (AvgIpc) is 3.03. The second-order valence-electron chi connectivity index (χ2n) is 5.46. The molecule has 0 unspecified atom stereocenters. The van der Waals surface area contributed by atoms with Gasteiger partial charge in [0.2, 0.25) is 0 Å². The van der Waals surface area contributed by atoms with Crippen LogP contribution in [0, 0.1) is 11.3 Å². The molecule has 0 saturated carbocycles. The van der Waals surface area contributed by atoms with Gasteiger partial charge in [0.1, 0.15) is 0 Å². The molecule has 1 aromatic carbocycles. The van der Waals surface area contributed by atoms with Gasteiger partial charge in [-0.15, -0.1) is 5.10 Å². The Bertz CT molecular complexity index is 1010. The first kappa shape index (κ1) is 16.8. The Kier molecular flexibility index (Phi) is 4.86. The third-order valence-electron chi connectivity index (χ3n) is 3.48. The molecule has 0 aliphatic carbocycles. The molecule has 3 aromatic rings. The van der Waals surface area contributed by atoms with Gasteiger partial charge in [-0.25, -0.2) is 13.1 Å². The van der Waals surface area contributed by atoms with Crippen molar-refractivity contribution in [1.29, 1.82) is 5.26 Å². The Morgan fingerprint density at radius 3 is 2.52 bits per heavy atom. The predicted molar refractivity (Wildman–Crippen MR) is 91.2 cm³/mol. The van der Waals surface area contributed by atoms with Gasteiger partial charge >= 0.3 is 0 Å². The van der Waals surface area contributed by atoms with Crippen LogP contribution in [0.1, 0.15) is 17.1 Å². The molecule has 0 radical (unpaired) electrons. The second-order valence-corrected chi connectivity index (χ2v) is 7.52. The van der Waals surface area contributed by atoms with Crippen LogP contribution in [0.4, 0.5) is 0 Å². The van der Waals surface area contributed by atoms with E-state index in [1.807, 2.05) is 36.4 Å². The maximum absolute atomic E-state index is 12.5. The summed E-state index contributed by atoms with van der Waals surface area (Å²) in [4.78, 5) is 4.22. The van der Waals surface area contributed by atoms with Gasteiger partial charge in [0.05, 0.1) is 53.0 Å². The maximum atomic E-state index is 12.5. The van der Waals surface area contributed by atoms with Crippen LogP contribution in [0.5, 0.6) is 0 Å². The van der Waals surface area contributed by atoms with Gasteiger partial charge in [0.15, 0.2) is 9.84 Å². The van der Waals surface area contributed by atoms with Crippen LogP contribution in [-0.2, 0) is 27.8 Å². The van der Waals surface area contributed by atoms with Gasteiger partial charge in [0.25, 0.3) is 0 Å². The Hall–Kier alpha value is -3.05. The molecule has 0 bridgehead atoms. The highest BCUT2D eigenvalue weighted by atomic mass is 32.2. The zero-order chi connectivity index (χ0) is 17.7. The van der Waals surface area contributed by atoms with Gasteiger partial charge in [0, 0.05) is 0 Å². The van der Waals surface area contributed by atoms with E-state index in [4.69, 9.17) is 5.26 Å². The number of hydrogen-bond acceptors (Lipinski definition) is 6. The third kappa shape index (κ3) is 4.28. The van der Waals surface area contributed by atoms with E-state index in [2.05, 4.69) is 15.3 Å². The molecular formula is C17H15N5O2S. The molecule has 25 heavy (non-hydrogen) atoms. The average molecular weight is 353 g/mol. The molecule has 0 amide bonds. The van der Waals surface area contributed by atoms with E-state index < -0.39 is 9.84 Å². The van der Waals surface area contributed by atoms with Crippen LogP contribution >= 0.6 is 0 Å². The summed E-state index contributed by atoms with van der Waals surface area (Å²) in [6, 6.07) is 16.3. The van der Waals surface area contributed by atoms with E-state index in [1.54, 1.807) is 18.2 Å². The van der Waals surface area contributed by atoms with Crippen LogP contribution in [0.3, 0.4) is 0 Å². The van der Waals surface area contributed by atoms with E-state index in [0.29, 0.717) is 17.1 Å². The minimum Gasteiger partial charge on any atom is -0.256 e. The molecule has 0 spiro atoms. The number of rotatable bonds is 6. The highest BCUT2D eigenvalue weighted by Crippen LogP contribution is 2.14. The molecule has 2 aromatic heterocycles. The van der Waals surface area contributed by atoms with E-state index in [1.165, 1.54) is 10.9 Å². The van der Waals surface area contributed by atoms with Gasteiger partial charge in [-0.3, -0.25) is 4.98 Å². The summed E-state index contributed by atoms with van der Waals surface area (Å²) in [5, 5.41) is 16.5. The van der Waals surface area contributed by atoms with Crippen molar-refractivity contribution in [1.82, 2.24) is 20.0 Å². The molecule has 0 aliphatic rings. The van der Waals surface area contributed by atoms with Crippen molar-refractivity contribution in [3.05, 3.63) is 71.8 Å². The van der Waals surface area contributed by atoms with Gasteiger partial charge in [-0.2, -0.15) is 5.26 Å². The van der Waals surface area contributed by atoms with Crippen LogP contribution in [0.2, 0.25) is 0 Å². The highest BCUT2D eigenvalue weighted by Gasteiger charge is 2.18. The Morgan fingerprint density at radius 2 is 1.76 bits per heavy atom. The van der Waals surface area contributed by atoms with Crippen molar-refractivity contribution in [2.24, 2.45) is 0 Å². The lowest BCUT2D eigenvalue weighted by molar-refractivity contribution is 0.592. The lowest BCUT2D eigenvalue weighted by Gasteiger charge is -2.07. The highest BCUT2D eigenvalue weighted by molar-refractivity contribution is 7.89. The molecular weight excluding hydrogens is 338 g/mol. The number of nitriles is 1. The summed E-state index contributed by atoms with van der Waals surface area (Å²) < 4.78 is 26.6. The molecule has 3 rings (SSSR count). The molecule has 126 valence electrons. The summed E-state index contributed by atoms with van der Waals surface area (Å²) in [7, 11) is -3.47. The zero-order valence-corrected chi connectivity index (χ0v) is 14.1. The first-order chi connectivity index (χ1) is 12.1. The SMILES string of the molecule is N#CCc1cccc(CS(=O)(=O)Cc2cnnn2-c2ccccc2)n1. The summed E-state index contributed by atoms with van der Waals surface area (Å²) >= 11 is 0. The van der Waals surface area contributed by atoms with Gasteiger partial charge in [-0.1, -0.05) is 29.5 Å². The third-order valence-corrected chi connectivity index (χ3v) is 4.95. The van der Waals surface area contributed by atoms with Crippen molar-refractivity contribution in [2.75, 3.05) is 0 Å². The van der Waals surface area contributed by atoms with Gasteiger partial charge in [-0.05, 0) is 24.3 Å². The summed E-state index contributed by atoms with van der Waals surface area (Å²) in [5.74, 6) is -0.398. The number of para-hydroxylation sites is 1. The zero-order valence-electron chi connectivity index (χ0n) is 13.3. The van der Waals surface area contributed by atoms with Crippen molar-refractivity contribution in [2.45, 2.75) is 17.9 Å². The van der Waals surface area contributed by atoms with Gasteiger partial charge < -0.3 is 0 Å². The van der Waals surface area contributed by atoms with E-state index in [-0.39, 0.29) is 17.9 Å². The number of benzene rings is 1. The standard InChI is InChI=1S/C17H15N5O2S/c18-10-9-14-5-4-6-15(20-14)12-25(23,24)13-17-11-19-21-22(17)16-7-2-1-3-8-16/h1-8,11H,9,12-13H2. The van der Waals surface area contributed by atoms with E-state index in [0.717, 1.165) is 5.69 Å². The van der Waals surface area contributed by atoms with Crippen LogP contribution in [0.15, 0.2) is 54.7 Å². The largest absolute Gasteiger partial charge is 0.256 e. The Morgan fingerprint density at radius 1 is 1.00 bits per heavy atom. The van der Waals surface area contributed by atoms with Crippen molar-refractivity contribution < 1.29 is 8.42 Å². The molecule has 2 heterocycles. The normalized spacial score (nSPS) is 11.2. The second kappa shape index (κ2) is 7.23. The minimum atomic E-state index is -3.47. The number of aromatic nitrogens is 4. The summed E-state index contributed by atoms with van der Waals surface area (Å²) in [6.45, 7) is 0. The fourth-order valence-electron chi connectivity index (χ4n) is 2.43. The number of nitrogens with zero attached hydrogens (tertiary/aromatic N) is 5. The molecule has 0 saturated heterocycles. The van der Waals surface area contributed by atoms with E-state index >= 15 is 0 Å². The number of pyridine rings is 1. The molecule has 0 aliphatic heterocycles. The maximum Gasteiger partial charge on any atom is 0.161 e. The minimum absolute atomic E-state index is 0.151. The molecule has 0 fully saturated rings. The van der Waals surface area contributed by atoms with Crippen LogP contribution < -0.4 is 0 Å². The summed E-state index contributed by atoms with van der Waals surface area (Å²) in [5.41, 5.74) is 2.22. The van der Waals surface area contributed by atoms with Crippen LogP contribution in [0.25, 0.3) is 5.69 Å². The topological polar surface area (TPSA) is 102 Å². The predicted octanol–water partition coefficient (Wildman–Crippen LogP) is 1.84. The fraction of sp³-hybridized carbons (Fsp3) is 0.176. The Labute approximate surface area is 145 Å². The first-order valence-corrected chi connectivity index (χ1v) is 9.37. The molecule has 8 heteroatoms. The monoisotopic (exact) mass is 353 g/mol. The quantitative estimate of drug-likeness (QED) is 0.670. The van der Waals surface area contributed by atoms with Crippen molar-refractivity contribution >= 4 is 9.84 Å². The van der Waals surface area contributed by atoms with Crippen LogP contribution in [-0.4, -0.2) is 28.4 Å². The summed E-state index contributed by atoms with van der Waals surface area (Å²) in [6.07, 6.45) is 1.60. The molecule has 0 N–H and O–H groups in total. The smallest absolute Gasteiger partial charge is 0.161 e. The first-order valence-electron chi connectivity index (χ1n) is 7.54. The van der Waals surface area contributed by atoms with E-state index in [9.17, 15) is 8.42 Å². The van der Waals surface area contributed by atoms with Crippen molar-refractivity contribution in [3.8, 4) is 11.8 Å².